The molecule has 1 fully saturated rings. The fraction of sp³-hybridized carbons (Fsp3) is 0.812. The Hall–Kier alpha value is -0.450. The summed E-state index contributed by atoms with van der Waals surface area (Å²) in [5, 5.41) is 7.12. The normalized spacial score (nSPS) is 20.6. The van der Waals surface area contributed by atoms with Crippen LogP contribution < -0.4 is 5.32 Å². The number of piperidine rings is 1. The fourth-order valence-electron chi connectivity index (χ4n) is 2.62. The van der Waals surface area contributed by atoms with Crippen LogP contribution in [0, 0.1) is 0 Å². The van der Waals surface area contributed by atoms with Crippen LogP contribution in [0.1, 0.15) is 57.7 Å². The molecule has 114 valence electrons. The van der Waals surface area contributed by atoms with Gasteiger partial charge in [-0.1, -0.05) is 34.1 Å². The van der Waals surface area contributed by atoms with Crippen LogP contribution in [0.4, 0.5) is 0 Å². The van der Waals surface area contributed by atoms with Crippen molar-refractivity contribution >= 4 is 11.3 Å². The Morgan fingerprint density at radius 3 is 2.75 bits per heavy atom. The second-order valence-electron chi connectivity index (χ2n) is 6.85. The average Bonchev–Trinajstić information content (AvgIpc) is 2.87. The number of hydrogen-bond acceptors (Lipinski definition) is 4. The minimum atomic E-state index is 0.163. The van der Waals surface area contributed by atoms with E-state index in [0.29, 0.717) is 6.04 Å². The summed E-state index contributed by atoms with van der Waals surface area (Å²) in [4.78, 5) is 7.34. The Morgan fingerprint density at radius 1 is 1.40 bits per heavy atom. The first-order chi connectivity index (χ1) is 9.49. The van der Waals surface area contributed by atoms with Crippen LogP contribution >= 0.6 is 11.3 Å². The van der Waals surface area contributed by atoms with Crippen molar-refractivity contribution in [2.75, 3.05) is 19.6 Å². The number of likely N-dealkylation sites (N-methyl/N-ethyl adjacent to an activating group) is 1. The van der Waals surface area contributed by atoms with Crippen molar-refractivity contribution in [2.45, 2.75) is 65.0 Å². The molecule has 0 aromatic carbocycles. The van der Waals surface area contributed by atoms with Crippen molar-refractivity contribution in [1.29, 1.82) is 0 Å². The van der Waals surface area contributed by atoms with E-state index in [4.69, 9.17) is 4.98 Å². The zero-order valence-corrected chi connectivity index (χ0v) is 14.2. The maximum Gasteiger partial charge on any atom is 0.107 e. The molecule has 1 aliphatic heterocycles. The Kier molecular flexibility index (Phi) is 5.58. The summed E-state index contributed by atoms with van der Waals surface area (Å²) in [5.74, 6) is 0. The topological polar surface area (TPSA) is 28.2 Å². The standard InChI is InChI=1S/C16H29N3S/c1-5-19(10-13-8-6-7-9-17-13)11-15-18-14(12-20-15)16(2,3)4/h12-13,17H,5-11H2,1-4H3. The SMILES string of the molecule is CCN(Cc1nc(C(C)(C)C)cs1)CC1CCCCN1. The van der Waals surface area contributed by atoms with Crippen molar-refractivity contribution in [1.82, 2.24) is 15.2 Å². The molecule has 4 heteroatoms. The molecule has 0 amide bonds. The summed E-state index contributed by atoms with van der Waals surface area (Å²) in [6.45, 7) is 13.4. The Balaban J connectivity index is 1.90. The average molecular weight is 295 g/mol. The van der Waals surface area contributed by atoms with E-state index >= 15 is 0 Å². The van der Waals surface area contributed by atoms with Crippen molar-refractivity contribution in [3.8, 4) is 0 Å². The Bertz CT molecular complexity index is 402. The molecule has 2 heterocycles. The first-order valence-corrected chi connectivity index (χ1v) is 8.77. The highest BCUT2D eigenvalue weighted by Gasteiger charge is 2.20. The zero-order chi connectivity index (χ0) is 14.6. The van der Waals surface area contributed by atoms with E-state index in [0.717, 1.165) is 19.6 Å². The molecule has 0 radical (unpaired) electrons. The summed E-state index contributed by atoms with van der Waals surface area (Å²) in [7, 11) is 0. The molecular formula is C16H29N3S. The molecule has 3 nitrogen and oxygen atoms in total. The van der Waals surface area contributed by atoms with Crippen molar-refractivity contribution in [2.24, 2.45) is 0 Å². The van der Waals surface area contributed by atoms with E-state index in [1.165, 1.54) is 36.5 Å². The van der Waals surface area contributed by atoms with Gasteiger partial charge < -0.3 is 5.32 Å². The number of nitrogens with zero attached hydrogens (tertiary/aromatic N) is 2. The number of nitrogens with one attached hydrogen (secondary N) is 1. The van der Waals surface area contributed by atoms with E-state index in [-0.39, 0.29) is 5.41 Å². The summed E-state index contributed by atoms with van der Waals surface area (Å²) >= 11 is 1.81. The van der Waals surface area contributed by atoms with Gasteiger partial charge in [-0.05, 0) is 25.9 Å². The predicted octanol–water partition coefficient (Wildman–Crippen LogP) is 3.40. The quantitative estimate of drug-likeness (QED) is 0.902. The molecule has 0 aliphatic carbocycles. The molecule has 1 aliphatic rings. The smallest absolute Gasteiger partial charge is 0.107 e. The van der Waals surface area contributed by atoms with E-state index in [9.17, 15) is 0 Å². The largest absolute Gasteiger partial charge is 0.313 e. The van der Waals surface area contributed by atoms with Crippen LogP contribution in [0.2, 0.25) is 0 Å². The first-order valence-electron chi connectivity index (χ1n) is 7.89. The number of thiazole rings is 1. The molecule has 0 spiro atoms. The fourth-order valence-corrected chi connectivity index (χ4v) is 3.68. The van der Waals surface area contributed by atoms with Crippen molar-refractivity contribution in [3.63, 3.8) is 0 Å². The lowest BCUT2D eigenvalue weighted by Crippen LogP contribution is -2.43. The van der Waals surface area contributed by atoms with Gasteiger partial charge in [0.25, 0.3) is 0 Å². The molecule has 20 heavy (non-hydrogen) atoms. The van der Waals surface area contributed by atoms with Crippen LogP contribution in [-0.2, 0) is 12.0 Å². The summed E-state index contributed by atoms with van der Waals surface area (Å²) in [6.07, 6.45) is 4.03. The van der Waals surface area contributed by atoms with Gasteiger partial charge in [0.1, 0.15) is 5.01 Å². The van der Waals surface area contributed by atoms with Gasteiger partial charge in [-0.3, -0.25) is 4.90 Å². The number of rotatable bonds is 5. The van der Waals surface area contributed by atoms with Crippen molar-refractivity contribution < 1.29 is 0 Å². The lowest BCUT2D eigenvalue weighted by Gasteiger charge is -2.29. The third-order valence-corrected chi connectivity index (χ3v) is 4.85. The van der Waals surface area contributed by atoms with Gasteiger partial charge >= 0.3 is 0 Å². The maximum absolute atomic E-state index is 4.82. The minimum absolute atomic E-state index is 0.163. The highest BCUT2D eigenvalue weighted by molar-refractivity contribution is 7.09. The molecular weight excluding hydrogens is 266 g/mol. The lowest BCUT2D eigenvalue weighted by molar-refractivity contribution is 0.226. The lowest BCUT2D eigenvalue weighted by atomic mass is 9.93. The van der Waals surface area contributed by atoms with E-state index < -0.39 is 0 Å². The van der Waals surface area contributed by atoms with Crippen LogP contribution in [0.25, 0.3) is 0 Å². The van der Waals surface area contributed by atoms with Gasteiger partial charge in [0.2, 0.25) is 0 Å². The molecule has 0 bridgehead atoms. The van der Waals surface area contributed by atoms with Crippen LogP contribution in [0.15, 0.2) is 5.38 Å². The highest BCUT2D eigenvalue weighted by atomic mass is 32.1. The molecule has 2 rings (SSSR count). The summed E-state index contributed by atoms with van der Waals surface area (Å²) in [5.41, 5.74) is 1.39. The van der Waals surface area contributed by atoms with Gasteiger partial charge in [0.15, 0.2) is 0 Å². The van der Waals surface area contributed by atoms with Crippen LogP contribution in [-0.4, -0.2) is 35.6 Å². The van der Waals surface area contributed by atoms with E-state index in [1.54, 1.807) is 0 Å². The Labute approximate surface area is 127 Å². The molecule has 0 saturated carbocycles. The van der Waals surface area contributed by atoms with Crippen LogP contribution in [0.3, 0.4) is 0 Å². The van der Waals surface area contributed by atoms with Gasteiger partial charge in [-0.25, -0.2) is 4.98 Å². The molecule has 1 aromatic heterocycles. The van der Waals surface area contributed by atoms with Crippen LogP contribution in [0.5, 0.6) is 0 Å². The predicted molar refractivity (Wildman–Crippen MR) is 87.4 cm³/mol. The van der Waals surface area contributed by atoms with Gasteiger partial charge in [-0.15, -0.1) is 11.3 Å². The third-order valence-electron chi connectivity index (χ3n) is 4.02. The maximum atomic E-state index is 4.82. The number of hydrogen-bond donors (Lipinski definition) is 1. The Morgan fingerprint density at radius 2 is 2.20 bits per heavy atom. The molecule has 1 saturated heterocycles. The highest BCUT2D eigenvalue weighted by Crippen LogP contribution is 2.24. The van der Waals surface area contributed by atoms with E-state index in [2.05, 4.69) is 43.3 Å². The van der Waals surface area contributed by atoms with Gasteiger partial charge in [0.05, 0.1) is 12.2 Å². The molecule has 1 N–H and O–H groups in total. The van der Waals surface area contributed by atoms with Gasteiger partial charge in [-0.2, -0.15) is 0 Å². The van der Waals surface area contributed by atoms with Gasteiger partial charge in [0, 0.05) is 23.4 Å². The monoisotopic (exact) mass is 295 g/mol. The zero-order valence-electron chi connectivity index (χ0n) is 13.4. The second kappa shape index (κ2) is 7.01. The molecule has 1 aromatic rings. The third kappa shape index (κ3) is 4.54. The van der Waals surface area contributed by atoms with E-state index in [1.807, 2.05) is 11.3 Å². The minimum Gasteiger partial charge on any atom is -0.313 e. The van der Waals surface area contributed by atoms with Crippen molar-refractivity contribution in [3.05, 3.63) is 16.1 Å². The summed E-state index contributed by atoms with van der Waals surface area (Å²) < 4.78 is 0. The summed E-state index contributed by atoms with van der Waals surface area (Å²) in [6, 6.07) is 0.672. The molecule has 1 atom stereocenters. The second-order valence-corrected chi connectivity index (χ2v) is 7.79. The molecule has 1 unspecified atom stereocenters. The number of aromatic nitrogens is 1. The first kappa shape index (κ1) is 15.9.